The molecule has 0 amide bonds. The summed E-state index contributed by atoms with van der Waals surface area (Å²) in [5.41, 5.74) is 0.654. The highest BCUT2D eigenvalue weighted by Gasteiger charge is 2.27. The summed E-state index contributed by atoms with van der Waals surface area (Å²) in [5, 5.41) is 5.41. The van der Waals surface area contributed by atoms with E-state index in [0.29, 0.717) is 12.0 Å². The molecule has 1 rings (SSSR count). The van der Waals surface area contributed by atoms with Gasteiger partial charge in [-0.05, 0) is 37.8 Å². The summed E-state index contributed by atoms with van der Waals surface area (Å²) >= 11 is 0. The Morgan fingerprint density at radius 1 is 1.44 bits per heavy atom. The summed E-state index contributed by atoms with van der Waals surface area (Å²) in [7, 11) is -1.40. The van der Waals surface area contributed by atoms with Crippen molar-refractivity contribution in [3.63, 3.8) is 0 Å². The van der Waals surface area contributed by atoms with Gasteiger partial charge in [0.2, 0.25) is 0 Å². The molecule has 2 atom stereocenters. The van der Waals surface area contributed by atoms with Crippen LogP contribution in [0, 0.1) is 5.82 Å². The highest BCUT2D eigenvalue weighted by atomic mass is 32.2. The second kappa shape index (κ2) is 5.06. The van der Waals surface area contributed by atoms with E-state index < -0.39 is 15.7 Å². The fourth-order valence-corrected chi connectivity index (χ4v) is 2.22. The van der Waals surface area contributed by atoms with Crippen molar-refractivity contribution in [1.82, 2.24) is 0 Å². The minimum atomic E-state index is -1.40. The van der Waals surface area contributed by atoms with Gasteiger partial charge in [-0.1, -0.05) is 25.1 Å². The Kier molecular flexibility index (Phi) is 4.21. The summed E-state index contributed by atoms with van der Waals surface area (Å²) in [6, 6.07) is 6.67. The van der Waals surface area contributed by atoms with Gasteiger partial charge in [-0.15, -0.1) is 0 Å². The lowest BCUT2D eigenvalue weighted by Gasteiger charge is -2.25. The molecule has 0 fully saturated rings. The largest absolute Gasteiger partial charge is 0.251 e. The normalized spacial score (nSPS) is 15.8. The number of benzene rings is 1. The van der Waals surface area contributed by atoms with Crippen molar-refractivity contribution >= 4 is 11.0 Å². The molecule has 16 heavy (non-hydrogen) atoms. The predicted molar refractivity (Wildman–Crippen MR) is 65.8 cm³/mol. The van der Waals surface area contributed by atoms with Crippen LogP contribution in [0.3, 0.4) is 0 Å². The topological polar surface area (TPSA) is 43.1 Å². The van der Waals surface area contributed by atoms with Crippen molar-refractivity contribution in [2.75, 3.05) is 0 Å². The third-order valence-corrected chi connectivity index (χ3v) is 4.03. The zero-order valence-electron chi connectivity index (χ0n) is 9.87. The zero-order valence-corrected chi connectivity index (χ0v) is 10.7. The maximum atomic E-state index is 13.5. The molecule has 0 spiro atoms. The van der Waals surface area contributed by atoms with Crippen LogP contribution in [0.2, 0.25) is 0 Å². The Morgan fingerprint density at radius 2 is 2.00 bits per heavy atom. The van der Waals surface area contributed by atoms with Gasteiger partial charge in [0.25, 0.3) is 0 Å². The fourth-order valence-electron chi connectivity index (χ4n) is 1.80. The van der Waals surface area contributed by atoms with Crippen molar-refractivity contribution < 1.29 is 8.60 Å². The molecule has 90 valence electrons. The Balaban J connectivity index is 2.85. The average Bonchev–Trinajstić information content (AvgIpc) is 2.17. The summed E-state index contributed by atoms with van der Waals surface area (Å²) in [6.07, 6.45) is 0.594. The summed E-state index contributed by atoms with van der Waals surface area (Å²) in [5.74, 6) is -0.211. The molecule has 1 aromatic rings. The van der Waals surface area contributed by atoms with Gasteiger partial charge in [0, 0.05) is 0 Å². The third kappa shape index (κ3) is 3.12. The van der Waals surface area contributed by atoms with Crippen LogP contribution in [0.15, 0.2) is 24.3 Å². The van der Waals surface area contributed by atoms with Gasteiger partial charge in [-0.25, -0.2) is 8.60 Å². The van der Waals surface area contributed by atoms with Gasteiger partial charge >= 0.3 is 0 Å². The first-order valence-electron chi connectivity index (χ1n) is 5.25. The maximum Gasteiger partial charge on any atom is 0.126 e. The second-order valence-corrected chi connectivity index (χ2v) is 6.38. The van der Waals surface area contributed by atoms with Crippen molar-refractivity contribution in [1.29, 1.82) is 0 Å². The van der Waals surface area contributed by atoms with E-state index in [1.807, 2.05) is 20.8 Å². The molecule has 0 aromatic heterocycles. The van der Waals surface area contributed by atoms with Gasteiger partial charge in [0.05, 0.1) is 15.7 Å². The molecule has 0 bridgehead atoms. The molecule has 0 aliphatic carbocycles. The SMILES string of the molecule is C[C@H](CC(C)(C)S(N)=O)c1ccccc1F. The first-order chi connectivity index (χ1) is 7.34. The molecule has 0 radical (unpaired) electrons. The highest BCUT2D eigenvalue weighted by Crippen LogP contribution is 2.29. The van der Waals surface area contributed by atoms with E-state index >= 15 is 0 Å². The third-order valence-electron chi connectivity index (χ3n) is 2.78. The van der Waals surface area contributed by atoms with Crippen LogP contribution < -0.4 is 5.14 Å². The predicted octanol–water partition coefficient (Wildman–Crippen LogP) is 2.72. The molecule has 0 aliphatic heterocycles. The van der Waals surface area contributed by atoms with Crippen molar-refractivity contribution in [2.45, 2.75) is 37.9 Å². The van der Waals surface area contributed by atoms with Crippen LogP contribution in [-0.4, -0.2) is 8.96 Å². The highest BCUT2D eigenvalue weighted by molar-refractivity contribution is 7.84. The minimum absolute atomic E-state index is 0.00343. The summed E-state index contributed by atoms with van der Waals surface area (Å²) in [6.45, 7) is 5.59. The molecule has 2 nitrogen and oxygen atoms in total. The average molecular weight is 243 g/mol. The van der Waals surface area contributed by atoms with Crippen LogP contribution in [0.5, 0.6) is 0 Å². The zero-order chi connectivity index (χ0) is 12.3. The Hall–Kier alpha value is -0.740. The fraction of sp³-hybridized carbons (Fsp3) is 0.500. The van der Waals surface area contributed by atoms with Gasteiger partial charge in [-0.3, -0.25) is 5.14 Å². The maximum absolute atomic E-state index is 13.5. The van der Waals surface area contributed by atoms with Crippen LogP contribution in [0.1, 0.15) is 38.7 Å². The van der Waals surface area contributed by atoms with E-state index in [4.69, 9.17) is 5.14 Å². The molecule has 4 heteroatoms. The molecular formula is C12H18FNOS. The van der Waals surface area contributed by atoms with Crippen molar-refractivity contribution in [2.24, 2.45) is 5.14 Å². The van der Waals surface area contributed by atoms with Gasteiger partial charge in [-0.2, -0.15) is 0 Å². The number of rotatable bonds is 4. The number of halogens is 1. The van der Waals surface area contributed by atoms with Crippen molar-refractivity contribution in [3.05, 3.63) is 35.6 Å². The van der Waals surface area contributed by atoms with Crippen LogP contribution >= 0.6 is 0 Å². The number of hydrogen-bond acceptors (Lipinski definition) is 1. The quantitative estimate of drug-likeness (QED) is 0.868. The van der Waals surface area contributed by atoms with E-state index in [1.54, 1.807) is 18.2 Å². The molecule has 1 aromatic carbocycles. The van der Waals surface area contributed by atoms with Crippen LogP contribution in [-0.2, 0) is 11.0 Å². The first kappa shape index (κ1) is 13.3. The molecule has 1 unspecified atom stereocenters. The van der Waals surface area contributed by atoms with E-state index in [-0.39, 0.29) is 11.7 Å². The van der Waals surface area contributed by atoms with Crippen LogP contribution in [0.25, 0.3) is 0 Å². The van der Waals surface area contributed by atoms with E-state index in [9.17, 15) is 8.60 Å². The van der Waals surface area contributed by atoms with Crippen LogP contribution in [0.4, 0.5) is 4.39 Å². The van der Waals surface area contributed by atoms with Gasteiger partial charge in [0.15, 0.2) is 0 Å². The van der Waals surface area contributed by atoms with Gasteiger partial charge in [0.1, 0.15) is 5.82 Å². The van der Waals surface area contributed by atoms with Crippen molar-refractivity contribution in [3.8, 4) is 0 Å². The molecule has 0 saturated heterocycles. The number of hydrogen-bond donors (Lipinski definition) is 1. The first-order valence-corrected chi connectivity index (χ1v) is 6.46. The monoisotopic (exact) mass is 243 g/mol. The van der Waals surface area contributed by atoms with E-state index in [1.165, 1.54) is 6.07 Å². The standard InChI is InChI=1S/C12H18FNOS/c1-9(8-12(2,3)16(14)15)10-6-4-5-7-11(10)13/h4-7,9H,8,14H2,1-3H3/t9-,16?/m1/s1. The second-order valence-electron chi connectivity index (χ2n) is 4.68. The molecular weight excluding hydrogens is 225 g/mol. The minimum Gasteiger partial charge on any atom is -0.251 e. The Bertz CT molecular complexity index is 392. The summed E-state index contributed by atoms with van der Waals surface area (Å²) < 4.78 is 24.3. The number of nitrogens with two attached hydrogens (primary N) is 1. The lowest BCUT2D eigenvalue weighted by Crippen LogP contribution is -2.33. The van der Waals surface area contributed by atoms with Gasteiger partial charge < -0.3 is 0 Å². The molecule has 0 saturated carbocycles. The Labute approximate surface area is 98.6 Å². The smallest absolute Gasteiger partial charge is 0.126 e. The molecule has 2 N–H and O–H groups in total. The lowest BCUT2D eigenvalue weighted by molar-refractivity contribution is 0.516. The van der Waals surface area contributed by atoms with E-state index in [0.717, 1.165) is 0 Å². The summed E-state index contributed by atoms with van der Waals surface area (Å²) in [4.78, 5) is 0. The van der Waals surface area contributed by atoms with E-state index in [2.05, 4.69) is 0 Å². The lowest BCUT2D eigenvalue weighted by atomic mass is 9.91. The Morgan fingerprint density at radius 3 is 2.50 bits per heavy atom. The molecule has 0 heterocycles. The molecule has 0 aliphatic rings.